The lowest BCUT2D eigenvalue weighted by Gasteiger charge is -2.32. The second kappa shape index (κ2) is 7.04. The van der Waals surface area contributed by atoms with Crippen LogP contribution in [-0.2, 0) is 20.7 Å². The number of nitrogens with zero attached hydrogens (tertiary/aromatic N) is 1. The van der Waals surface area contributed by atoms with Crippen LogP contribution in [0.1, 0.15) is 45.6 Å². The number of rotatable bonds is 2. The molecule has 6 nitrogen and oxygen atoms in total. The quantitative estimate of drug-likeness (QED) is 0.890. The van der Waals surface area contributed by atoms with E-state index in [2.05, 4.69) is 5.32 Å². The summed E-state index contributed by atoms with van der Waals surface area (Å²) in [5.74, 6) is 0.0212. The Morgan fingerprint density at radius 3 is 2.76 bits per heavy atom. The third-order valence-electron chi connectivity index (χ3n) is 4.36. The minimum absolute atomic E-state index is 0.0212. The predicted octanol–water partition coefficient (Wildman–Crippen LogP) is 3.49. The number of carbonyl (C=O) groups excluding carboxylic acids is 2. The summed E-state index contributed by atoms with van der Waals surface area (Å²) in [6.07, 6.45) is 2.56. The molecule has 1 saturated heterocycles. The fourth-order valence-electron chi connectivity index (χ4n) is 3.33. The number of ether oxygens (including phenoxy) is 2. The number of hydrogen-bond donors (Lipinski definition) is 1. The Morgan fingerprint density at radius 1 is 1.28 bits per heavy atom. The second-order valence-electron chi connectivity index (χ2n) is 7.53. The number of carbonyl (C=O) groups is 2. The minimum Gasteiger partial charge on any atom is -0.444 e. The molecule has 25 heavy (non-hydrogen) atoms. The largest absolute Gasteiger partial charge is 0.444 e. The van der Waals surface area contributed by atoms with Gasteiger partial charge in [0.1, 0.15) is 11.7 Å². The van der Waals surface area contributed by atoms with Crippen LogP contribution in [0.5, 0.6) is 0 Å². The molecular formula is C19H26N2O4. The van der Waals surface area contributed by atoms with E-state index < -0.39 is 11.7 Å². The monoisotopic (exact) mass is 346 g/mol. The van der Waals surface area contributed by atoms with Gasteiger partial charge in [0.15, 0.2) is 0 Å². The van der Waals surface area contributed by atoms with Crippen LogP contribution in [0.25, 0.3) is 0 Å². The summed E-state index contributed by atoms with van der Waals surface area (Å²) in [5.41, 5.74) is 1.99. The molecule has 2 amide bonds. The van der Waals surface area contributed by atoms with Crippen LogP contribution < -0.4 is 10.2 Å². The van der Waals surface area contributed by atoms with Crippen molar-refractivity contribution in [3.05, 3.63) is 23.8 Å². The van der Waals surface area contributed by atoms with Crippen molar-refractivity contribution in [2.45, 2.75) is 58.2 Å². The summed E-state index contributed by atoms with van der Waals surface area (Å²) in [6.45, 7) is 6.82. The van der Waals surface area contributed by atoms with Crippen LogP contribution in [0.2, 0.25) is 0 Å². The normalized spacial score (nSPS) is 20.1. The summed E-state index contributed by atoms with van der Waals surface area (Å²) < 4.78 is 10.9. The van der Waals surface area contributed by atoms with E-state index in [0.717, 1.165) is 36.9 Å². The van der Waals surface area contributed by atoms with Crippen LogP contribution in [0.15, 0.2) is 18.2 Å². The Morgan fingerprint density at radius 2 is 2.08 bits per heavy atom. The van der Waals surface area contributed by atoms with Crippen molar-refractivity contribution in [2.75, 3.05) is 23.4 Å². The molecule has 0 radical (unpaired) electrons. The average molecular weight is 346 g/mol. The third-order valence-corrected chi connectivity index (χ3v) is 4.36. The summed E-state index contributed by atoms with van der Waals surface area (Å²) in [4.78, 5) is 26.7. The molecule has 1 atom stereocenters. The number of nitrogens with one attached hydrogen (secondary N) is 1. The first-order chi connectivity index (χ1) is 11.8. The maximum atomic E-state index is 12.8. The summed E-state index contributed by atoms with van der Waals surface area (Å²) >= 11 is 0. The molecule has 2 aliphatic heterocycles. The van der Waals surface area contributed by atoms with Crippen LogP contribution in [0, 0.1) is 0 Å². The molecule has 0 saturated carbocycles. The number of fused-ring (bicyclic) bond motifs is 1. The number of amides is 2. The molecule has 0 aromatic heterocycles. The van der Waals surface area contributed by atoms with Crippen molar-refractivity contribution >= 4 is 23.4 Å². The lowest BCUT2D eigenvalue weighted by Crippen LogP contribution is -2.42. The number of hydrogen-bond acceptors (Lipinski definition) is 4. The van der Waals surface area contributed by atoms with Crippen LogP contribution >= 0.6 is 0 Å². The highest BCUT2D eigenvalue weighted by molar-refractivity contribution is 5.99. The van der Waals surface area contributed by atoms with Gasteiger partial charge in [-0.05, 0) is 64.2 Å². The van der Waals surface area contributed by atoms with Crippen molar-refractivity contribution in [1.82, 2.24) is 0 Å². The lowest BCUT2D eigenvalue weighted by molar-refractivity contribution is -0.127. The van der Waals surface area contributed by atoms with Gasteiger partial charge in [0.2, 0.25) is 0 Å². The van der Waals surface area contributed by atoms with Crippen molar-refractivity contribution in [3.8, 4) is 0 Å². The standard InChI is InChI=1S/C19H26N2O4/c1-19(2,3)25-18(23)20-14-8-4-9-15-13(14)7-5-11-21(15)17(22)16-10-6-12-24-16/h4,8-9,16H,5-7,10-12H2,1-3H3,(H,20,23)/t16-/m1/s1. The van der Waals surface area contributed by atoms with Crippen LogP contribution in [0.4, 0.5) is 16.2 Å². The predicted molar refractivity (Wildman–Crippen MR) is 95.9 cm³/mol. The van der Waals surface area contributed by atoms with Crippen molar-refractivity contribution in [3.63, 3.8) is 0 Å². The van der Waals surface area contributed by atoms with E-state index in [1.54, 1.807) is 4.90 Å². The Balaban J connectivity index is 1.81. The van der Waals surface area contributed by atoms with Gasteiger partial charge in [0.05, 0.1) is 0 Å². The van der Waals surface area contributed by atoms with Crippen LogP contribution in [-0.4, -0.2) is 36.9 Å². The van der Waals surface area contributed by atoms with Crippen molar-refractivity contribution in [1.29, 1.82) is 0 Å². The molecule has 0 unspecified atom stereocenters. The summed E-state index contributed by atoms with van der Waals surface area (Å²) in [6, 6.07) is 5.64. The molecule has 136 valence electrons. The van der Waals surface area contributed by atoms with Gasteiger partial charge in [-0.1, -0.05) is 6.07 Å². The maximum Gasteiger partial charge on any atom is 0.412 e. The molecule has 0 aliphatic carbocycles. The molecule has 1 aromatic carbocycles. The highest BCUT2D eigenvalue weighted by Gasteiger charge is 2.32. The SMILES string of the molecule is CC(C)(C)OC(=O)Nc1cccc2c1CCCN2C(=O)[C@H]1CCCO1. The molecule has 2 heterocycles. The highest BCUT2D eigenvalue weighted by atomic mass is 16.6. The fraction of sp³-hybridized carbons (Fsp3) is 0.579. The Hall–Kier alpha value is -2.08. The zero-order valence-corrected chi connectivity index (χ0v) is 15.1. The zero-order chi connectivity index (χ0) is 18.0. The Bertz CT molecular complexity index is 660. The van der Waals surface area contributed by atoms with Crippen LogP contribution in [0.3, 0.4) is 0 Å². The third kappa shape index (κ3) is 4.12. The molecule has 0 spiro atoms. The van der Waals surface area contributed by atoms with E-state index in [1.807, 2.05) is 39.0 Å². The fourth-order valence-corrected chi connectivity index (χ4v) is 3.33. The highest BCUT2D eigenvalue weighted by Crippen LogP contribution is 2.34. The molecule has 1 fully saturated rings. The first-order valence-electron chi connectivity index (χ1n) is 8.90. The van der Waals surface area contributed by atoms with Gasteiger partial charge >= 0.3 is 6.09 Å². The van der Waals surface area contributed by atoms with Gasteiger partial charge in [-0.15, -0.1) is 0 Å². The van der Waals surface area contributed by atoms with Gasteiger partial charge in [0, 0.05) is 24.5 Å². The topological polar surface area (TPSA) is 67.9 Å². The molecule has 2 aliphatic rings. The van der Waals surface area contributed by atoms with E-state index >= 15 is 0 Å². The number of anilines is 2. The lowest BCUT2D eigenvalue weighted by atomic mass is 9.99. The average Bonchev–Trinajstić information content (AvgIpc) is 3.06. The van der Waals surface area contributed by atoms with Gasteiger partial charge in [-0.25, -0.2) is 4.79 Å². The Kier molecular flexibility index (Phi) is 4.99. The summed E-state index contributed by atoms with van der Waals surface area (Å²) in [5, 5.41) is 2.83. The van der Waals surface area contributed by atoms with Crippen molar-refractivity contribution < 1.29 is 19.1 Å². The molecule has 1 aromatic rings. The van der Waals surface area contributed by atoms with E-state index in [-0.39, 0.29) is 12.0 Å². The van der Waals surface area contributed by atoms with Crippen molar-refractivity contribution in [2.24, 2.45) is 0 Å². The van der Waals surface area contributed by atoms with E-state index in [1.165, 1.54) is 0 Å². The first-order valence-corrected chi connectivity index (χ1v) is 8.90. The van der Waals surface area contributed by atoms with E-state index in [9.17, 15) is 9.59 Å². The van der Waals surface area contributed by atoms with Gasteiger partial charge in [-0.2, -0.15) is 0 Å². The molecule has 3 rings (SSSR count). The molecular weight excluding hydrogens is 320 g/mol. The molecule has 1 N–H and O–H groups in total. The number of benzene rings is 1. The smallest absolute Gasteiger partial charge is 0.412 e. The van der Waals surface area contributed by atoms with Gasteiger partial charge in [0.25, 0.3) is 5.91 Å². The molecule has 6 heteroatoms. The molecule has 0 bridgehead atoms. The first kappa shape index (κ1) is 17.7. The van der Waals surface area contributed by atoms with Gasteiger partial charge in [-0.3, -0.25) is 10.1 Å². The second-order valence-corrected chi connectivity index (χ2v) is 7.53. The minimum atomic E-state index is -0.555. The van der Waals surface area contributed by atoms with Gasteiger partial charge < -0.3 is 14.4 Å². The Labute approximate surface area is 148 Å². The zero-order valence-electron chi connectivity index (χ0n) is 15.1. The van der Waals surface area contributed by atoms with E-state index in [0.29, 0.717) is 18.8 Å². The maximum absolute atomic E-state index is 12.8. The summed E-state index contributed by atoms with van der Waals surface area (Å²) in [7, 11) is 0. The van der Waals surface area contributed by atoms with E-state index in [4.69, 9.17) is 9.47 Å².